The van der Waals surface area contributed by atoms with Crippen molar-refractivity contribution in [2.75, 3.05) is 20.6 Å². The fourth-order valence-corrected chi connectivity index (χ4v) is 8.88. The van der Waals surface area contributed by atoms with Gasteiger partial charge in [-0.15, -0.1) is 0 Å². The normalized spacial score (nSPS) is 35.6. The number of aromatic nitrogens is 2. The van der Waals surface area contributed by atoms with Crippen molar-refractivity contribution >= 4 is 35.8 Å². The Balaban J connectivity index is 1.48. The highest BCUT2D eigenvalue weighted by molar-refractivity contribution is 6.00. The van der Waals surface area contributed by atoms with Gasteiger partial charge in [-0.1, -0.05) is 64.1 Å². The van der Waals surface area contributed by atoms with Crippen molar-refractivity contribution < 1.29 is 52.8 Å². The maximum absolute atomic E-state index is 14.4. The van der Waals surface area contributed by atoms with Crippen molar-refractivity contribution in [3.8, 4) is 11.3 Å². The Bertz CT molecular complexity index is 1880. The van der Waals surface area contributed by atoms with Gasteiger partial charge in [-0.2, -0.15) is 0 Å². The predicted octanol–water partition coefficient (Wildman–Crippen LogP) is 4.73. The summed E-state index contributed by atoms with van der Waals surface area (Å²) in [6.07, 6.45) is 2.24. The van der Waals surface area contributed by atoms with E-state index in [0.29, 0.717) is 6.42 Å². The molecule has 3 aliphatic heterocycles. The van der Waals surface area contributed by atoms with E-state index < -0.39 is 89.5 Å². The number of hydrogen-bond donors (Lipinski definition) is 3. The van der Waals surface area contributed by atoms with Gasteiger partial charge < -0.3 is 44.3 Å². The average Bonchev–Trinajstić information content (AvgIpc) is 3.53. The lowest BCUT2D eigenvalue weighted by Crippen LogP contribution is -2.60. The van der Waals surface area contributed by atoms with Crippen LogP contribution in [0.15, 0.2) is 48.9 Å². The topological polar surface area (TPSA) is 205 Å². The second kappa shape index (κ2) is 19.3. The van der Waals surface area contributed by atoms with Crippen LogP contribution in [-0.2, 0) is 38.1 Å². The van der Waals surface area contributed by atoms with Crippen LogP contribution < -0.4 is 10.6 Å². The van der Waals surface area contributed by atoms with Crippen molar-refractivity contribution in [2.24, 2.45) is 23.7 Å². The third-order valence-corrected chi connectivity index (χ3v) is 12.2. The molecule has 0 radical (unpaired) electrons. The highest BCUT2D eigenvalue weighted by atomic mass is 16.7. The van der Waals surface area contributed by atoms with Crippen molar-refractivity contribution in [1.82, 2.24) is 25.5 Å². The monoisotopic (exact) mass is 835 g/mol. The van der Waals surface area contributed by atoms with Gasteiger partial charge in [-0.25, -0.2) is 9.59 Å². The van der Waals surface area contributed by atoms with Crippen molar-refractivity contribution in [3.05, 3.63) is 54.5 Å². The van der Waals surface area contributed by atoms with Crippen LogP contribution in [0.1, 0.15) is 80.2 Å². The van der Waals surface area contributed by atoms with Crippen LogP contribution in [0.2, 0.25) is 0 Å². The molecule has 60 heavy (non-hydrogen) atoms. The minimum Gasteiger partial charge on any atom is -0.458 e. The van der Waals surface area contributed by atoms with E-state index in [-0.39, 0.29) is 37.3 Å². The van der Waals surface area contributed by atoms with Gasteiger partial charge in [0, 0.05) is 48.3 Å². The second-order valence-electron chi connectivity index (χ2n) is 17.1. The van der Waals surface area contributed by atoms with Gasteiger partial charge >= 0.3 is 18.2 Å². The summed E-state index contributed by atoms with van der Waals surface area (Å²) in [6.45, 7) is 13.1. The number of aliphatic hydroxyl groups excluding tert-OH is 1. The lowest BCUT2D eigenvalue weighted by atomic mass is 9.73. The maximum atomic E-state index is 14.4. The number of ether oxygens (including phenoxy) is 5. The number of cyclic esters (lactones) is 1. The molecule has 4 heterocycles. The number of benzene rings is 1. The van der Waals surface area contributed by atoms with Crippen molar-refractivity contribution in [1.29, 1.82) is 0 Å². The number of aliphatic hydroxyl groups is 1. The molecular formula is C44H61N5O11. The van der Waals surface area contributed by atoms with Gasteiger partial charge in [0.1, 0.15) is 35.6 Å². The van der Waals surface area contributed by atoms with Gasteiger partial charge in [0.05, 0.1) is 24.0 Å². The third-order valence-electron chi connectivity index (χ3n) is 12.2. The maximum Gasteiger partial charge on any atom is 0.408 e. The first kappa shape index (κ1) is 46.3. The number of hydrogen-bond acceptors (Lipinski definition) is 14. The van der Waals surface area contributed by atoms with Gasteiger partial charge in [0.25, 0.3) is 0 Å². The number of alkyl carbamates (subject to hydrolysis) is 2. The molecule has 1 aromatic carbocycles. The number of ketones is 2. The van der Waals surface area contributed by atoms with E-state index in [1.165, 1.54) is 6.92 Å². The zero-order valence-electron chi connectivity index (χ0n) is 36.2. The number of carbonyl (C=O) groups excluding carboxylic acids is 5. The van der Waals surface area contributed by atoms with Crippen LogP contribution in [-0.4, -0.2) is 124 Å². The molecule has 0 unspecified atom stereocenters. The standard InChI is InChI=1S/C44H61N5O11/c1-11-33-44(8)37(48-42(55)60-44)26(4)34(50)24(2)22-43(7,59-41(54)47-18-12-13-29-14-16-30(17-15-29)31-23-45-19-20-46-31)38(27(5)35(51)28(6)39(53)57-33)58-40-36(52)32(49(9)10)21-25(3)56-40/h12-17,19-20,23-28,32-33,36-38,40,52H,11,18,21-22H2,1-10H3,(H,47,54)(H,48,55)/b13-12+/t24-,25-,26+,27+,28-,32+,33-,36-,37-,38-,40+,43-,44-/m1/s1. The van der Waals surface area contributed by atoms with Crippen molar-refractivity contribution in [3.63, 3.8) is 0 Å². The summed E-state index contributed by atoms with van der Waals surface area (Å²) in [5, 5.41) is 17.1. The number of nitrogens with one attached hydrogen (secondary N) is 2. The summed E-state index contributed by atoms with van der Waals surface area (Å²) in [4.78, 5) is 79.5. The molecule has 3 aliphatic rings. The molecule has 0 aliphatic carbocycles. The van der Waals surface area contributed by atoms with Crippen LogP contribution >= 0.6 is 0 Å². The Morgan fingerprint density at radius 3 is 2.37 bits per heavy atom. The molecule has 2 aromatic rings. The number of Topliss-reactive ketones (excluding diaryl/α,β-unsaturated/α-hetero) is 2. The number of amides is 2. The van der Waals surface area contributed by atoms with Crippen LogP contribution in [0.5, 0.6) is 0 Å². The first-order valence-electron chi connectivity index (χ1n) is 20.7. The minimum atomic E-state index is -1.75. The lowest BCUT2D eigenvalue weighted by Gasteiger charge is -2.47. The van der Waals surface area contributed by atoms with Crippen LogP contribution in [0.4, 0.5) is 9.59 Å². The Morgan fingerprint density at radius 2 is 1.73 bits per heavy atom. The number of carbonyl (C=O) groups is 5. The number of likely N-dealkylation sites (N-methyl/N-ethyl adjacent to an activating group) is 1. The van der Waals surface area contributed by atoms with Gasteiger partial charge in [-0.3, -0.25) is 24.4 Å². The van der Waals surface area contributed by atoms with Gasteiger partial charge in [-0.05, 0) is 66.6 Å². The Hall–Kier alpha value is -4.77. The van der Waals surface area contributed by atoms with Crippen molar-refractivity contribution in [2.45, 2.75) is 129 Å². The molecule has 13 atom stereocenters. The predicted molar refractivity (Wildman–Crippen MR) is 220 cm³/mol. The molecule has 16 nitrogen and oxygen atoms in total. The molecule has 0 spiro atoms. The average molecular weight is 836 g/mol. The molecule has 2 amide bonds. The molecule has 0 saturated carbocycles. The molecule has 3 fully saturated rings. The molecular weight excluding hydrogens is 775 g/mol. The summed E-state index contributed by atoms with van der Waals surface area (Å²) in [6, 6.07) is 6.35. The highest BCUT2D eigenvalue weighted by Gasteiger charge is 2.57. The Labute approximate surface area is 352 Å². The second-order valence-corrected chi connectivity index (χ2v) is 17.1. The molecule has 0 bridgehead atoms. The SMILES string of the molecule is CC[C@H]1OC(=O)[C@H](C)C(=O)[C@H](C)[C@@H](O[C@@H]2O[C@H](C)C[C@H](N(C)C)[C@H]2O)[C@](C)(OC(=O)NC/C=C/c2ccc(-c3cnccn3)cc2)C[C@@H](C)C(=O)[C@H](C)[C@H]2NC(=O)O[C@@]21C. The van der Waals surface area contributed by atoms with Crippen LogP contribution in [0.3, 0.4) is 0 Å². The fraction of sp³-hybridized carbons (Fsp3) is 0.614. The largest absolute Gasteiger partial charge is 0.458 e. The van der Waals surface area contributed by atoms with E-state index in [1.807, 2.05) is 56.3 Å². The minimum absolute atomic E-state index is 0.0558. The van der Waals surface area contributed by atoms with Crippen LogP contribution in [0.25, 0.3) is 17.3 Å². The summed E-state index contributed by atoms with van der Waals surface area (Å²) >= 11 is 0. The van der Waals surface area contributed by atoms with Crippen LogP contribution in [0, 0.1) is 23.7 Å². The van der Waals surface area contributed by atoms with E-state index >= 15 is 0 Å². The van der Waals surface area contributed by atoms with Gasteiger partial charge in [0.15, 0.2) is 17.7 Å². The molecule has 3 N–H and O–H groups in total. The molecule has 16 heteroatoms. The fourth-order valence-electron chi connectivity index (χ4n) is 8.88. The summed E-state index contributed by atoms with van der Waals surface area (Å²) < 4.78 is 30.7. The van der Waals surface area contributed by atoms with E-state index in [9.17, 15) is 29.1 Å². The summed E-state index contributed by atoms with van der Waals surface area (Å²) in [7, 11) is 3.65. The number of fused-ring (bicyclic) bond motifs is 1. The van der Waals surface area contributed by atoms with E-state index in [4.69, 9.17) is 23.7 Å². The molecule has 3 saturated heterocycles. The van der Waals surface area contributed by atoms with E-state index in [0.717, 1.165) is 16.8 Å². The number of rotatable bonds is 9. The quantitative estimate of drug-likeness (QED) is 0.178. The number of nitrogens with zero attached hydrogens (tertiary/aromatic N) is 3. The zero-order valence-corrected chi connectivity index (χ0v) is 36.2. The third kappa shape index (κ3) is 10.2. The first-order valence-corrected chi connectivity index (χ1v) is 20.7. The zero-order chi connectivity index (χ0) is 44.1. The lowest BCUT2D eigenvalue weighted by molar-refractivity contribution is -0.292. The summed E-state index contributed by atoms with van der Waals surface area (Å²) in [5.41, 5.74) is -0.687. The highest BCUT2D eigenvalue weighted by Crippen LogP contribution is 2.40. The Kier molecular flexibility index (Phi) is 14.9. The van der Waals surface area contributed by atoms with E-state index in [2.05, 4.69) is 20.6 Å². The number of esters is 1. The summed E-state index contributed by atoms with van der Waals surface area (Å²) in [5.74, 6) is -5.97. The Morgan fingerprint density at radius 1 is 1.03 bits per heavy atom. The molecule has 1 aromatic heterocycles. The van der Waals surface area contributed by atoms with Gasteiger partial charge in [0.2, 0.25) is 0 Å². The first-order chi connectivity index (χ1) is 28.3. The van der Waals surface area contributed by atoms with E-state index in [1.54, 1.807) is 66.2 Å². The molecule has 328 valence electrons. The smallest absolute Gasteiger partial charge is 0.408 e. The molecule has 5 rings (SSSR count).